The molecule has 5 heterocycles. The molecule has 18 heteroatoms. The molecule has 63 heavy (non-hydrogen) atoms. The molecule has 3 N–H and O–H groups in total. The van der Waals surface area contributed by atoms with E-state index in [2.05, 4.69) is 29.2 Å². The number of hydrogen-bond acceptors (Lipinski definition) is 12. The summed E-state index contributed by atoms with van der Waals surface area (Å²) in [5.74, 6) is -1.51. The number of rotatable bonds is 9. The predicted molar refractivity (Wildman–Crippen MR) is 237 cm³/mol. The fourth-order valence-electron chi connectivity index (χ4n) is 9.28. The molecule has 16 nitrogen and oxygen atoms in total. The van der Waals surface area contributed by atoms with Crippen molar-refractivity contribution in [2.45, 2.75) is 145 Å². The first-order valence-electron chi connectivity index (χ1n) is 22.4. The number of fused-ring (bicyclic) bond motifs is 5. The summed E-state index contributed by atoms with van der Waals surface area (Å²) in [5.41, 5.74) is 1.58. The molecule has 1 aromatic carbocycles. The molecule has 4 fully saturated rings. The van der Waals surface area contributed by atoms with Crippen molar-refractivity contribution in [1.29, 1.82) is 0 Å². The van der Waals surface area contributed by atoms with Gasteiger partial charge in [0, 0.05) is 30.2 Å². The van der Waals surface area contributed by atoms with Crippen LogP contribution in [0.1, 0.15) is 116 Å². The lowest BCUT2D eigenvalue weighted by Crippen LogP contribution is -2.58. The van der Waals surface area contributed by atoms with Gasteiger partial charge in [0.05, 0.1) is 22.5 Å². The summed E-state index contributed by atoms with van der Waals surface area (Å²) in [7, 11) is -2.11. The summed E-state index contributed by atoms with van der Waals surface area (Å²) >= 11 is 1.44. The van der Waals surface area contributed by atoms with Crippen LogP contribution in [0.25, 0.3) is 32.8 Å². The third kappa shape index (κ3) is 8.40. The average molecular weight is 901 g/mol. The molecule has 5 aliphatic rings. The highest BCUT2D eigenvalue weighted by molar-refractivity contribution is 7.91. The number of carbonyl (C=O) groups is 4. The van der Waals surface area contributed by atoms with Crippen LogP contribution < -0.4 is 20.1 Å². The van der Waals surface area contributed by atoms with Crippen LogP contribution in [0.2, 0.25) is 0 Å². The van der Waals surface area contributed by atoms with Gasteiger partial charge in [0.2, 0.25) is 27.7 Å². The van der Waals surface area contributed by atoms with Crippen LogP contribution in [0, 0.1) is 5.92 Å². The molecule has 3 saturated carbocycles. The molecule has 4 aromatic rings. The van der Waals surface area contributed by atoms with E-state index < -0.39 is 68.2 Å². The first kappa shape index (κ1) is 43.2. The third-order valence-electron chi connectivity index (χ3n) is 13.6. The highest BCUT2D eigenvalue weighted by atomic mass is 32.2. The number of carbonyl (C=O) groups excluding carboxylic acids is 4. The van der Waals surface area contributed by atoms with Gasteiger partial charge in [0.25, 0.3) is 5.91 Å². The molecule has 9 rings (SSSR count). The number of para-hydroxylation sites is 1. The van der Waals surface area contributed by atoms with E-state index in [4.69, 9.17) is 24.4 Å². The number of ether oxygens (including phenoxy) is 2. The number of alkyl carbamates (subject to hydrolysis) is 1. The van der Waals surface area contributed by atoms with E-state index in [-0.39, 0.29) is 37.3 Å². The maximum absolute atomic E-state index is 14.9. The van der Waals surface area contributed by atoms with Crippen LogP contribution in [-0.2, 0) is 36.2 Å². The van der Waals surface area contributed by atoms with E-state index in [1.807, 2.05) is 53.4 Å². The first-order chi connectivity index (χ1) is 30.2. The summed E-state index contributed by atoms with van der Waals surface area (Å²) in [6.07, 6.45) is 9.93. The number of allylic oxidation sites excluding steroid dienone is 1. The van der Waals surface area contributed by atoms with Crippen LogP contribution in [0.3, 0.4) is 0 Å². The summed E-state index contributed by atoms with van der Waals surface area (Å²) in [5, 5.41) is 9.31. The zero-order valence-electron chi connectivity index (χ0n) is 36.2. The molecule has 2 aliphatic heterocycles. The average Bonchev–Trinajstić information content (AvgIpc) is 3.76. The Bertz CT molecular complexity index is 2600. The van der Waals surface area contributed by atoms with Gasteiger partial charge >= 0.3 is 6.09 Å². The molecule has 0 unspecified atom stereocenters. The molecule has 0 spiro atoms. The lowest BCUT2D eigenvalue weighted by Gasteiger charge is -2.30. The van der Waals surface area contributed by atoms with E-state index in [0.29, 0.717) is 54.0 Å². The summed E-state index contributed by atoms with van der Waals surface area (Å²) in [6, 6.07) is 5.72. The normalized spacial score (nSPS) is 27.0. The van der Waals surface area contributed by atoms with E-state index in [9.17, 15) is 27.6 Å². The Balaban J connectivity index is 1.07. The number of nitrogens with zero attached hydrogens (tertiary/aromatic N) is 5. The van der Waals surface area contributed by atoms with Gasteiger partial charge in [-0.2, -0.15) is 4.98 Å². The van der Waals surface area contributed by atoms with Gasteiger partial charge in [-0.25, -0.2) is 23.2 Å². The van der Waals surface area contributed by atoms with E-state index in [1.54, 1.807) is 6.92 Å². The van der Waals surface area contributed by atoms with Gasteiger partial charge in [-0.05, 0) is 83.1 Å². The van der Waals surface area contributed by atoms with Crippen molar-refractivity contribution in [3.8, 4) is 16.7 Å². The molecule has 0 radical (unpaired) electrons. The molecule has 1 saturated heterocycles. The maximum atomic E-state index is 14.9. The smallest absolute Gasteiger partial charge is 0.408 e. The predicted octanol–water partition coefficient (Wildman–Crippen LogP) is 6.15. The number of nitrogens with one attached hydrogen (secondary N) is 3. The monoisotopic (exact) mass is 900 g/mol. The van der Waals surface area contributed by atoms with E-state index in [1.165, 1.54) is 16.2 Å². The van der Waals surface area contributed by atoms with Gasteiger partial charge in [-0.15, -0.1) is 11.3 Å². The highest BCUT2D eigenvalue weighted by Crippen LogP contribution is 2.48. The molecule has 5 atom stereocenters. The number of amides is 4. The fraction of sp³-hybridized carbons (Fsp3) is 0.578. The Labute approximate surface area is 371 Å². The molecule has 4 amide bonds. The van der Waals surface area contributed by atoms with Gasteiger partial charge in [-0.1, -0.05) is 57.0 Å². The Morgan fingerprint density at radius 3 is 2.51 bits per heavy atom. The molecular formula is C45H56N8O8S2. The standard InChI is InChI=1S/C45H56N8O8S2/c1-26(2)32-25-62-40(46-32)37-48-35-30-17-12-13-19-33(30)52(4)36(35)39(49-37)60-29-22-34-38(54)50-45(42(56)51-63(58,59)44(3)20-21-44)23-27(45)14-8-6-5-7-9-18-31(41(55)53(34)24-29)47-43(57)61-28-15-10-11-16-28/h8,12-14,17,19,25-29,31,34H,5-7,9-11,15-16,18,20-24H2,1-4H3,(H,47,57)(H,50,54)(H,51,56)/b14-8-/t27-,29-,31+,34+,45-/m1/s1. The second-order valence-electron chi connectivity index (χ2n) is 18.6. The molecule has 3 aliphatic carbocycles. The lowest BCUT2D eigenvalue weighted by molar-refractivity contribution is -0.141. The van der Waals surface area contributed by atoms with Crippen molar-refractivity contribution >= 4 is 67.1 Å². The quantitative estimate of drug-likeness (QED) is 0.163. The second-order valence-corrected chi connectivity index (χ2v) is 21.6. The van der Waals surface area contributed by atoms with Crippen LogP contribution in [-0.4, -0.2) is 97.8 Å². The minimum atomic E-state index is -4.01. The Kier molecular flexibility index (Phi) is 11.5. The number of benzene rings is 1. The van der Waals surface area contributed by atoms with Gasteiger partial charge < -0.3 is 29.6 Å². The molecule has 0 bridgehead atoms. The minimum Gasteiger partial charge on any atom is -0.471 e. The lowest BCUT2D eigenvalue weighted by atomic mass is 10.0. The van der Waals surface area contributed by atoms with Crippen LogP contribution >= 0.6 is 11.3 Å². The second kappa shape index (κ2) is 16.8. The van der Waals surface area contributed by atoms with E-state index >= 15 is 0 Å². The van der Waals surface area contributed by atoms with Crippen molar-refractivity contribution in [2.24, 2.45) is 13.0 Å². The van der Waals surface area contributed by atoms with Crippen LogP contribution in [0.4, 0.5) is 4.79 Å². The molecule has 3 aromatic heterocycles. The van der Waals surface area contributed by atoms with Gasteiger partial charge in [0.15, 0.2) is 10.8 Å². The van der Waals surface area contributed by atoms with Gasteiger partial charge in [0.1, 0.15) is 40.9 Å². The summed E-state index contributed by atoms with van der Waals surface area (Å²) in [6.45, 7) is 5.70. The Morgan fingerprint density at radius 2 is 1.76 bits per heavy atom. The number of thiazole rings is 1. The fourth-order valence-corrected chi connectivity index (χ4v) is 11.5. The summed E-state index contributed by atoms with van der Waals surface area (Å²) < 4.78 is 42.4. The SMILES string of the molecule is CC(C)c1csc(-c2nc(O[C@@H]3C[C@H]4C(=O)N[C@]5(C(=O)NS(=O)(=O)C6(C)CC6)C[C@H]5/C=C\CCCCC[C@H](NC(=O)OC5CCCC5)C(=O)N4C3)c3c(n2)c2ccccc2n3C)n1. The highest BCUT2D eigenvalue weighted by Gasteiger charge is 2.63. The van der Waals surface area contributed by atoms with Crippen LogP contribution in [0.5, 0.6) is 5.88 Å². The number of aryl methyl sites for hydroxylation is 1. The van der Waals surface area contributed by atoms with Crippen molar-refractivity contribution in [3.63, 3.8) is 0 Å². The zero-order chi connectivity index (χ0) is 44.3. The maximum Gasteiger partial charge on any atom is 0.408 e. The Hall–Kier alpha value is -5.10. The van der Waals surface area contributed by atoms with Crippen molar-refractivity contribution in [2.75, 3.05) is 6.54 Å². The van der Waals surface area contributed by atoms with Crippen molar-refractivity contribution in [3.05, 3.63) is 47.5 Å². The largest absolute Gasteiger partial charge is 0.471 e. The minimum absolute atomic E-state index is 0.0188. The number of aromatic nitrogens is 4. The molecular weight excluding hydrogens is 845 g/mol. The number of hydrogen-bond donors (Lipinski definition) is 3. The topological polar surface area (TPSA) is 204 Å². The summed E-state index contributed by atoms with van der Waals surface area (Å²) in [4.78, 5) is 73.3. The van der Waals surface area contributed by atoms with Gasteiger partial charge in [-0.3, -0.25) is 19.1 Å². The van der Waals surface area contributed by atoms with Crippen LogP contribution in [0.15, 0.2) is 41.8 Å². The van der Waals surface area contributed by atoms with Crippen molar-refractivity contribution in [1.82, 2.24) is 39.8 Å². The molecule has 336 valence electrons. The third-order valence-corrected chi connectivity index (χ3v) is 16.7. The van der Waals surface area contributed by atoms with Crippen molar-refractivity contribution < 1.29 is 37.1 Å². The van der Waals surface area contributed by atoms with E-state index in [0.717, 1.165) is 55.1 Å². The Morgan fingerprint density at radius 1 is 1.00 bits per heavy atom. The number of sulfonamides is 1. The zero-order valence-corrected chi connectivity index (χ0v) is 37.9. The first-order valence-corrected chi connectivity index (χ1v) is 24.7.